The number of hydrogen-bond acceptors (Lipinski definition) is 3. The maximum absolute atomic E-state index is 9.39. The highest BCUT2D eigenvalue weighted by Crippen LogP contribution is 2.21. The van der Waals surface area contributed by atoms with Gasteiger partial charge in [0.25, 0.3) is 0 Å². The Balaban J connectivity index is 1.50. The molecule has 2 aromatic carbocycles. The zero-order chi connectivity index (χ0) is 16.6. The lowest BCUT2D eigenvalue weighted by Gasteiger charge is -2.34. The Morgan fingerprint density at radius 1 is 0.958 bits per heavy atom. The molecule has 0 aliphatic carbocycles. The third-order valence-corrected chi connectivity index (χ3v) is 4.89. The molecule has 0 saturated carbocycles. The van der Waals surface area contributed by atoms with Crippen molar-refractivity contribution in [3.8, 4) is 0 Å². The van der Waals surface area contributed by atoms with Crippen LogP contribution in [-0.2, 0) is 6.54 Å². The molecular weight excluding hydrogens is 296 g/mol. The standard InChI is InChI=1S/C21H28N2O/c24-16-13-21(19-9-5-2-6-10-19)22-20-11-14-23(15-12-20)17-18-7-3-1-4-8-18/h1-10,20-22,24H,11-17H2/t21-/m1/s1. The number of piperidine rings is 1. The summed E-state index contributed by atoms with van der Waals surface area (Å²) < 4.78 is 0. The van der Waals surface area contributed by atoms with E-state index < -0.39 is 0 Å². The minimum absolute atomic E-state index is 0.222. The second-order valence-corrected chi connectivity index (χ2v) is 6.68. The van der Waals surface area contributed by atoms with Crippen molar-refractivity contribution in [2.24, 2.45) is 0 Å². The highest BCUT2D eigenvalue weighted by atomic mass is 16.3. The minimum atomic E-state index is 0.222. The second-order valence-electron chi connectivity index (χ2n) is 6.68. The topological polar surface area (TPSA) is 35.5 Å². The van der Waals surface area contributed by atoms with Gasteiger partial charge in [0.1, 0.15) is 0 Å². The van der Waals surface area contributed by atoms with Gasteiger partial charge in [-0.25, -0.2) is 0 Å². The van der Waals surface area contributed by atoms with E-state index in [9.17, 15) is 5.11 Å². The van der Waals surface area contributed by atoms with Gasteiger partial charge >= 0.3 is 0 Å². The summed E-state index contributed by atoms with van der Waals surface area (Å²) >= 11 is 0. The molecule has 1 fully saturated rings. The van der Waals surface area contributed by atoms with Crippen LogP contribution in [0.4, 0.5) is 0 Å². The van der Waals surface area contributed by atoms with Gasteiger partial charge in [0.15, 0.2) is 0 Å². The van der Waals surface area contributed by atoms with Crippen LogP contribution in [0.5, 0.6) is 0 Å². The SMILES string of the molecule is OCC[C@@H](NC1CCN(Cc2ccccc2)CC1)c1ccccc1. The van der Waals surface area contributed by atoms with Crippen LogP contribution in [-0.4, -0.2) is 35.7 Å². The molecule has 2 aromatic rings. The van der Waals surface area contributed by atoms with Gasteiger partial charge in [-0.3, -0.25) is 4.90 Å². The van der Waals surface area contributed by atoms with Crippen LogP contribution in [0.3, 0.4) is 0 Å². The molecule has 3 heteroatoms. The Bertz CT molecular complexity index is 579. The van der Waals surface area contributed by atoms with Gasteiger partial charge in [-0.05, 0) is 43.5 Å². The van der Waals surface area contributed by atoms with Gasteiger partial charge in [-0.15, -0.1) is 0 Å². The maximum atomic E-state index is 9.39. The fraction of sp³-hybridized carbons (Fsp3) is 0.429. The lowest BCUT2D eigenvalue weighted by Crippen LogP contribution is -2.43. The van der Waals surface area contributed by atoms with Gasteiger partial charge < -0.3 is 10.4 Å². The molecule has 1 aliphatic rings. The Morgan fingerprint density at radius 2 is 1.58 bits per heavy atom. The van der Waals surface area contributed by atoms with Crippen LogP contribution in [0, 0.1) is 0 Å². The molecule has 3 rings (SSSR count). The molecule has 1 heterocycles. The first-order valence-corrected chi connectivity index (χ1v) is 9.03. The first kappa shape index (κ1) is 17.2. The van der Waals surface area contributed by atoms with Crippen molar-refractivity contribution in [1.29, 1.82) is 0 Å². The Hall–Kier alpha value is -1.68. The number of hydrogen-bond donors (Lipinski definition) is 2. The van der Waals surface area contributed by atoms with Gasteiger partial charge in [0.05, 0.1) is 0 Å². The van der Waals surface area contributed by atoms with E-state index in [1.165, 1.54) is 24.0 Å². The molecule has 0 spiro atoms. The number of aliphatic hydroxyl groups excluding tert-OH is 1. The molecule has 3 nitrogen and oxygen atoms in total. The molecular formula is C21H28N2O. The summed E-state index contributed by atoms with van der Waals surface area (Å²) in [6, 6.07) is 22.0. The normalized spacial score (nSPS) is 17.7. The molecule has 0 radical (unpaired) electrons. The van der Waals surface area contributed by atoms with Crippen molar-refractivity contribution in [2.75, 3.05) is 19.7 Å². The summed E-state index contributed by atoms with van der Waals surface area (Å²) in [5, 5.41) is 13.2. The van der Waals surface area contributed by atoms with Crippen molar-refractivity contribution in [1.82, 2.24) is 10.2 Å². The predicted molar refractivity (Wildman–Crippen MR) is 98.8 cm³/mol. The Morgan fingerprint density at radius 3 is 2.21 bits per heavy atom. The average Bonchev–Trinajstić information content (AvgIpc) is 2.64. The monoisotopic (exact) mass is 324 g/mol. The van der Waals surface area contributed by atoms with Crippen molar-refractivity contribution < 1.29 is 5.11 Å². The van der Waals surface area contributed by atoms with E-state index in [0.717, 1.165) is 26.1 Å². The lowest BCUT2D eigenvalue weighted by atomic mass is 9.99. The number of benzene rings is 2. The zero-order valence-electron chi connectivity index (χ0n) is 14.3. The van der Waals surface area contributed by atoms with E-state index in [4.69, 9.17) is 0 Å². The molecule has 0 unspecified atom stereocenters. The molecule has 128 valence electrons. The average molecular weight is 324 g/mol. The summed E-state index contributed by atoms with van der Waals surface area (Å²) in [4.78, 5) is 2.54. The first-order chi connectivity index (χ1) is 11.8. The quantitative estimate of drug-likeness (QED) is 0.820. The molecule has 24 heavy (non-hydrogen) atoms. The molecule has 2 N–H and O–H groups in total. The molecule has 1 atom stereocenters. The Labute approximate surface area is 145 Å². The van der Waals surface area contributed by atoms with E-state index in [0.29, 0.717) is 6.04 Å². The first-order valence-electron chi connectivity index (χ1n) is 9.03. The predicted octanol–water partition coefficient (Wildman–Crippen LogP) is 3.36. The van der Waals surface area contributed by atoms with Gasteiger partial charge in [-0.1, -0.05) is 60.7 Å². The number of aliphatic hydroxyl groups is 1. The Kier molecular flexibility index (Phi) is 6.41. The second kappa shape index (κ2) is 8.97. The molecule has 0 bridgehead atoms. The third-order valence-electron chi connectivity index (χ3n) is 4.89. The van der Waals surface area contributed by atoms with E-state index in [2.05, 4.69) is 64.8 Å². The summed E-state index contributed by atoms with van der Waals surface area (Å²) in [5.74, 6) is 0. The number of nitrogens with one attached hydrogen (secondary N) is 1. The van der Waals surface area contributed by atoms with Crippen molar-refractivity contribution in [3.63, 3.8) is 0 Å². The fourth-order valence-corrected chi connectivity index (χ4v) is 3.54. The van der Waals surface area contributed by atoms with E-state index >= 15 is 0 Å². The minimum Gasteiger partial charge on any atom is -0.396 e. The summed E-state index contributed by atoms with van der Waals surface area (Å²) in [6.45, 7) is 3.53. The summed E-state index contributed by atoms with van der Waals surface area (Å²) in [5.41, 5.74) is 2.67. The van der Waals surface area contributed by atoms with E-state index in [-0.39, 0.29) is 12.6 Å². The smallest absolute Gasteiger partial charge is 0.0449 e. The van der Waals surface area contributed by atoms with Gasteiger partial charge in [0, 0.05) is 25.2 Å². The summed E-state index contributed by atoms with van der Waals surface area (Å²) in [6.07, 6.45) is 3.11. The van der Waals surface area contributed by atoms with Crippen LogP contribution in [0.15, 0.2) is 60.7 Å². The lowest BCUT2D eigenvalue weighted by molar-refractivity contribution is 0.177. The highest BCUT2D eigenvalue weighted by molar-refractivity contribution is 5.19. The van der Waals surface area contributed by atoms with Crippen LogP contribution < -0.4 is 5.32 Å². The van der Waals surface area contributed by atoms with Crippen LogP contribution in [0.25, 0.3) is 0 Å². The number of likely N-dealkylation sites (tertiary alicyclic amines) is 1. The van der Waals surface area contributed by atoms with Crippen LogP contribution in [0.1, 0.15) is 36.4 Å². The number of nitrogens with zero attached hydrogens (tertiary/aromatic N) is 1. The largest absolute Gasteiger partial charge is 0.396 e. The highest BCUT2D eigenvalue weighted by Gasteiger charge is 2.22. The number of rotatable bonds is 7. The van der Waals surface area contributed by atoms with Crippen molar-refractivity contribution >= 4 is 0 Å². The molecule has 1 saturated heterocycles. The van der Waals surface area contributed by atoms with E-state index in [1.807, 2.05) is 6.07 Å². The zero-order valence-corrected chi connectivity index (χ0v) is 14.3. The van der Waals surface area contributed by atoms with Gasteiger partial charge in [0.2, 0.25) is 0 Å². The fourth-order valence-electron chi connectivity index (χ4n) is 3.54. The molecule has 0 aromatic heterocycles. The van der Waals surface area contributed by atoms with Crippen LogP contribution in [0.2, 0.25) is 0 Å². The summed E-state index contributed by atoms with van der Waals surface area (Å²) in [7, 11) is 0. The molecule has 1 aliphatic heterocycles. The van der Waals surface area contributed by atoms with Crippen LogP contribution >= 0.6 is 0 Å². The molecule has 0 amide bonds. The maximum Gasteiger partial charge on any atom is 0.0449 e. The third kappa shape index (κ3) is 4.91. The van der Waals surface area contributed by atoms with E-state index in [1.54, 1.807) is 0 Å². The van der Waals surface area contributed by atoms with Gasteiger partial charge in [-0.2, -0.15) is 0 Å². The van der Waals surface area contributed by atoms with Crippen molar-refractivity contribution in [2.45, 2.75) is 37.9 Å². The van der Waals surface area contributed by atoms with Crippen molar-refractivity contribution in [3.05, 3.63) is 71.8 Å².